The van der Waals surface area contributed by atoms with Gasteiger partial charge in [-0.2, -0.15) is 0 Å². The van der Waals surface area contributed by atoms with E-state index in [1.165, 1.54) is 22.0 Å². The molecule has 11 heteroatoms. The number of aromatic nitrogens is 4. The summed E-state index contributed by atoms with van der Waals surface area (Å²) in [5, 5.41) is 8.60. The number of fused-ring (bicyclic) bond motifs is 4. The number of thiophene rings is 1. The predicted molar refractivity (Wildman–Crippen MR) is 146 cm³/mol. The Kier molecular flexibility index (Phi) is 7.09. The van der Waals surface area contributed by atoms with E-state index in [4.69, 9.17) is 4.74 Å². The van der Waals surface area contributed by atoms with Gasteiger partial charge in [-0.3, -0.25) is 9.59 Å². The SMILES string of the molecule is CN(CCCC(=O)OC(C)(C)C)C(=O)[C@H]1CCc2c(sc3ncnc(Nc4ccc5nnsc5c4)c23)C1. The Morgan fingerprint density at radius 3 is 2.89 bits per heavy atom. The van der Waals surface area contributed by atoms with Gasteiger partial charge in [0.1, 0.15) is 28.1 Å². The number of nitrogens with one attached hydrogen (secondary N) is 1. The molecule has 0 saturated carbocycles. The number of hydrogen-bond donors (Lipinski definition) is 1. The minimum atomic E-state index is -0.491. The van der Waals surface area contributed by atoms with Gasteiger partial charge in [0.25, 0.3) is 0 Å². The lowest BCUT2D eigenvalue weighted by Gasteiger charge is -2.27. The molecule has 0 radical (unpaired) electrons. The van der Waals surface area contributed by atoms with Gasteiger partial charge in [-0.1, -0.05) is 4.49 Å². The van der Waals surface area contributed by atoms with Gasteiger partial charge in [-0.25, -0.2) is 9.97 Å². The van der Waals surface area contributed by atoms with Gasteiger partial charge in [-0.05, 0) is 81.7 Å². The minimum Gasteiger partial charge on any atom is -0.460 e. The maximum absolute atomic E-state index is 13.2. The van der Waals surface area contributed by atoms with Gasteiger partial charge in [-0.15, -0.1) is 16.4 Å². The summed E-state index contributed by atoms with van der Waals surface area (Å²) in [4.78, 5) is 38.1. The quantitative estimate of drug-likeness (QED) is 0.323. The van der Waals surface area contributed by atoms with Crippen LogP contribution in [0.1, 0.15) is 50.5 Å². The summed E-state index contributed by atoms with van der Waals surface area (Å²) >= 11 is 3.01. The lowest BCUT2D eigenvalue weighted by Crippen LogP contribution is -2.36. The number of benzene rings is 1. The smallest absolute Gasteiger partial charge is 0.306 e. The molecule has 3 aromatic heterocycles. The van der Waals surface area contributed by atoms with Crippen LogP contribution in [0.2, 0.25) is 0 Å². The largest absolute Gasteiger partial charge is 0.460 e. The van der Waals surface area contributed by atoms with Crippen LogP contribution < -0.4 is 5.32 Å². The second kappa shape index (κ2) is 10.3. The van der Waals surface area contributed by atoms with Crippen LogP contribution in [0.15, 0.2) is 24.5 Å². The topological polar surface area (TPSA) is 110 Å². The van der Waals surface area contributed by atoms with Crippen molar-refractivity contribution in [2.24, 2.45) is 5.92 Å². The molecular formula is C26H30N6O3S2. The van der Waals surface area contributed by atoms with E-state index in [9.17, 15) is 9.59 Å². The number of carbonyl (C=O) groups is 2. The Morgan fingerprint density at radius 2 is 2.08 bits per heavy atom. The molecule has 5 rings (SSSR count). The number of ether oxygens (including phenoxy) is 1. The van der Waals surface area contributed by atoms with Crippen molar-refractivity contribution in [2.75, 3.05) is 18.9 Å². The van der Waals surface area contributed by atoms with Crippen LogP contribution in [0.4, 0.5) is 11.5 Å². The fraction of sp³-hybridized carbons (Fsp3) is 0.462. The van der Waals surface area contributed by atoms with Gasteiger partial charge in [0.05, 0.1) is 10.1 Å². The summed E-state index contributed by atoms with van der Waals surface area (Å²) in [5.74, 6) is 0.611. The number of hydrogen-bond acceptors (Lipinski definition) is 10. The molecule has 4 aromatic rings. The first-order valence-electron chi connectivity index (χ1n) is 12.4. The fourth-order valence-electron chi connectivity index (χ4n) is 4.68. The Morgan fingerprint density at radius 1 is 1.24 bits per heavy atom. The van der Waals surface area contributed by atoms with Crippen LogP contribution >= 0.6 is 22.9 Å². The summed E-state index contributed by atoms with van der Waals surface area (Å²) in [6.45, 7) is 6.11. The Labute approximate surface area is 223 Å². The van der Waals surface area contributed by atoms with Gasteiger partial charge in [0, 0.05) is 36.5 Å². The van der Waals surface area contributed by atoms with Gasteiger partial charge < -0.3 is 15.0 Å². The molecule has 0 saturated heterocycles. The van der Waals surface area contributed by atoms with Gasteiger partial charge in [0.15, 0.2) is 0 Å². The van der Waals surface area contributed by atoms with E-state index in [-0.39, 0.29) is 17.8 Å². The van der Waals surface area contributed by atoms with Crippen molar-refractivity contribution in [1.82, 2.24) is 24.5 Å². The van der Waals surface area contributed by atoms with E-state index in [1.807, 2.05) is 46.0 Å². The molecule has 9 nitrogen and oxygen atoms in total. The van der Waals surface area contributed by atoms with Crippen molar-refractivity contribution in [3.8, 4) is 0 Å². The van der Waals surface area contributed by atoms with Crippen LogP contribution in [-0.4, -0.2) is 55.5 Å². The molecule has 1 aliphatic carbocycles. The van der Waals surface area contributed by atoms with E-state index >= 15 is 0 Å². The summed E-state index contributed by atoms with van der Waals surface area (Å²) in [6.07, 6.45) is 4.76. The van der Waals surface area contributed by atoms with Gasteiger partial charge >= 0.3 is 5.97 Å². The third-order valence-electron chi connectivity index (χ3n) is 6.38. The number of nitrogens with zero attached hydrogens (tertiary/aromatic N) is 5. The lowest BCUT2D eigenvalue weighted by atomic mass is 9.87. The maximum Gasteiger partial charge on any atom is 0.306 e. The first-order chi connectivity index (χ1) is 17.7. The predicted octanol–water partition coefficient (Wildman–Crippen LogP) is 5.12. The molecular weight excluding hydrogens is 508 g/mol. The standard InChI is InChI=1S/C26H30N6O3S2/c1-26(2,3)35-21(33)6-5-11-32(4)25(34)15-7-9-17-19(12-15)36-24-22(17)23(27-14-28-24)29-16-8-10-18-20(13-16)37-31-30-18/h8,10,13-15H,5-7,9,11-12H2,1-4H3,(H,27,28,29)/t15-/m0/s1. The molecule has 0 spiro atoms. The Balaban J connectivity index is 1.25. The molecule has 0 aliphatic heterocycles. The van der Waals surface area contributed by atoms with Gasteiger partial charge in [0.2, 0.25) is 5.91 Å². The van der Waals surface area contributed by atoms with E-state index < -0.39 is 5.60 Å². The Bertz CT molecular complexity index is 1460. The number of carbonyl (C=O) groups excluding carboxylic acids is 2. The van der Waals surface area contributed by atoms with Crippen LogP contribution in [0.5, 0.6) is 0 Å². The molecule has 0 fully saturated rings. The fourth-order valence-corrected chi connectivity index (χ4v) is 6.55. The monoisotopic (exact) mass is 538 g/mol. The minimum absolute atomic E-state index is 0.0716. The average Bonchev–Trinajstić information content (AvgIpc) is 3.46. The molecule has 3 heterocycles. The highest BCUT2D eigenvalue weighted by Gasteiger charge is 2.30. The highest BCUT2D eigenvalue weighted by molar-refractivity contribution is 7.19. The average molecular weight is 539 g/mol. The summed E-state index contributed by atoms with van der Waals surface area (Å²) in [7, 11) is 1.82. The van der Waals surface area contributed by atoms with E-state index in [0.29, 0.717) is 25.8 Å². The van der Waals surface area contributed by atoms with Crippen LogP contribution in [0.25, 0.3) is 20.4 Å². The van der Waals surface area contributed by atoms with E-state index in [0.717, 1.165) is 44.8 Å². The lowest BCUT2D eigenvalue weighted by molar-refractivity contribution is -0.155. The molecule has 1 amide bonds. The van der Waals surface area contributed by atoms with Crippen molar-refractivity contribution in [3.05, 3.63) is 35.0 Å². The van der Waals surface area contributed by atoms with Crippen molar-refractivity contribution in [1.29, 1.82) is 0 Å². The first kappa shape index (κ1) is 25.5. The number of rotatable bonds is 7. The number of anilines is 2. The number of esters is 1. The molecule has 37 heavy (non-hydrogen) atoms. The molecule has 1 aromatic carbocycles. The normalized spacial score (nSPS) is 15.5. The third-order valence-corrected chi connectivity index (χ3v) is 8.22. The zero-order valence-corrected chi connectivity index (χ0v) is 23.0. The summed E-state index contributed by atoms with van der Waals surface area (Å²) in [5.41, 5.74) is 2.55. The van der Waals surface area contributed by atoms with Crippen molar-refractivity contribution in [2.45, 2.75) is 58.5 Å². The van der Waals surface area contributed by atoms with Crippen molar-refractivity contribution >= 4 is 66.7 Å². The second-order valence-corrected chi connectivity index (χ2v) is 12.2. The maximum atomic E-state index is 13.2. The summed E-state index contributed by atoms with van der Waals surface area (Å²) < 4.78 is 10.4. The highest BCUT2D eigenvalue weighted by atomic mass is 32.1. The molecule has 0 bridgehead atoms. The first-order valence-corrected chi connectivity index (χ1v) is 14.0. The van der Waals surface area contributed by atoms with Crippen molar-refractivity contribution in [3.63, 3.8) is 0 Å². The summed E-state index contributed by atoms with van der Waals surface area (Å²) in [6, 6.07) is 5.95. The molecule has 1 atom stereocenters. The number of amides is 1. The van der Waals surface area contributed by atoms with Crippen molar-refractivity contribution < 1.29 is 14.3 Å². The van der Waals surface area contributed by atoms with Crippen LogP contribution in [-0.2, 0) is 27.2 Å². The number of aryl methyl sites for hydroxylation is 1. The third kappa shape index (κ3) is 5.72. The van der Waals surface area contributed by atoms with E-state index in [1.54, 1.807) is 22.6 Å². The zero-order chi connectivity index (χ0) is 26.2. The Hall–Kier alpha value is -3.18. The molecule has 1 aliphatic rings. The van der Waals surface area contributed by atoms with Crippen LogP contribution in [0.3, 0.4) is 0 Å². The zero-order valence-electron chi connectivity index (χ0n) is 21.4. The molecule has 1 N–H and O–H groups in total. The second-order valence-electron chi connectivity index (χ2n) is 10.4. The highest BCUT2D eigenvalue weighted by Crippen LogP contribution is 2.41. The molecule has 0 unspecified atom stereocenters. The van der Waals surface area contributed by atoms with Crippen LogP contribution in [0, 0.1) is 5.92 Å². The molecule has 194 valence electrons. The van der Waals surface area contributed by atoms with E-state index in [2.05, 4.69) is 24.9 Å².